The first-order valence-corrected chi connectivity index (χ1v) is 8.79. The topological polar surface area (TPSA) is 67.9 Å². The molecule has 2 aromatic rings. The quantitative estimate of drug-likeness (QED) is 0.775. The van der Waals surface area contributed by atoms with E-state index >= 15 is 0 Å². The van der Waals surface area contributed by atoms with Crippen LogP contribution in [0.5, 0.6) is 11.5 Å². The van der Waals surface area contributed by atoms with Crippen LogP contribution < -0.4 is 14.8 Å². The van der Waals surface area contributed by atoms with E-state index < -0.39 is 0 Å². The van der Waals surface area contributed by atoms with Crippen molar-refractivity contribution < 1.29 is 19.1 Å². The van der Waals surface area contributed by atoms with E-state index in [0.717, 1.165) is 22.6 Å². The van der Waals surface area contributed by atoms with E-state index in [1.165, 1.54) is 11.8 Å². The lowest BCUT2D eigenvalue weighted by molar-refractivity contribution is -0.133. The molecule has 0 saturated heterocycles. The fourth-order valence-electron chi connectivity index (χ4n) is 2.66. The van der Waals surface area contributed by atoms with Crippen molar-refractivity contribution in [2.45, 2.75) is 20.8 Å². The standard InChI is InChI=1S/C21H26N2O4/c1-15-6-5-7-16(2)21(15)22-20(25)14-23(17(3)24)12-13-27-19-10-8-18(26-4)9-11-19/h5-11H,12-14H2,1-4H3,(H,22,25). The van der Waals surface area contributed by atoms with E-state index in [2.05, 4.69) is 5.32 Å². The highest BCUT2D eigenvalue weighted by atomic mass is 16.5. The van der Waals surface area contributed by atoms with Gasteiger partial charge in [0.15, 0.2) is 0 Å². The Hall–Kier alpha value is -3.02. The molecule has 6 nitrogen and oxygen atoms in total. The number of hydrogen-bond donors (Lipinski definition) is 1. The number of hydrogen-bond acceptors (Lipinski definition) is 4. The zero-order valence-electron chi connectivity index (χ0n) is 16.2. The van der Waals surface area contributed by atoms with Crippen molar-refractivity contribution in [3.8, 4) is 11.5 Å². The van der Waals surface area contributed by atoms with Gasteiger partial charge in [-0.25, -0.2) is 0 Å². The highest BCUT2D eigenvalue weighted by Crippen LogP contribution is 2.19. The fourth-order valence-corrected chi connectivity index (χ4v) is 2.66. The summed E-state index contributed by atoms with van der Waals surface area (Å²) in [6.45, 7) is 5.92. The Balaban J connectivity index is 1.88. The summed E-state index contributed by atoms with van der Waals surface area (Å²) in [7, 11) is 1.60. The summed E-state index contributed by atoms with van der Waals surface area (Å²) in [5.74, 6) is 1.02. The molecule has 6 heteroatoms. The lowest BCUT2D eigenvalue weighted by Gasteiger charge is -2.21. The summed E-state index contributed by atoms with van der Waals surface area (Å²) >= 11 is 0. The van der Waals surface area contributed by atoms with E-state index in [9.17, 15) is 9.59 Å². The molecule has 1 N–H and O–H groups in total. The molecule has 144 valence electrons. The Morgan fingerprint density at radius 1 is 1.00 bits per heavy atom. The SMILES string of the molecule is COc1ccc(OCCN(CC(=O)Nc2c(C)cccc2C)C(C)=O)cc1. The Bertz CT molecular complexity index is 767. The molecule has 0 saturated carbocycles. The predicted octanol–water partition coefficient (Wildman–Crippen LogP) is 3.18. The number of nitrogens with one attached hydrogen (secondary N) is 1. The van der Waals surface area contributed by atoms with Gasteiger partial charge in [0.1, 0.15) is 18.1 Å². The number of para-hydroxylation sites is 1. The van der Waals surface area contributed by atoms with Gasteiger partial charge in [0.25, 0.3) is 0 Å². The van der Waals surface area contributed by atoms with Crippen LogP contribution in [-0.4, -0.2) is 43.5 Å². The maximum Gasteiger partial charge on any atom is 0.244 e. The number of nitrogens with zero attached hydrogens (tertiary/aromatic N) is 1. The second kappa shape index (κ2) is 9.62. The van der Waals surface area contributed by atoms with Gasteiger partial charge >= 0.3 is 0 Å². The Morgan fingerprint density at radius 2 is 1.59 bits per heavy atom. The number of carbonyl (C=O) groups is 2. The van der Waals surface area contributed by atoms with Gasteiger partial charge in [0, 0.05) is 12.6 Å². The van der Waals surface area contributed by atoms with Crippen molar-refractivity contribution in [3.05, 3.63) is 53.6 Å². The number of carbonyl (C=O) groups excluding carboxylic acids is 2. The molecule has 27 heavy (non-hydrogen) atoms. The van der Waals surface area contributed by atoms with Crippen molar-refractivity contribution in [2.24, 2.45) is 0 Å². The molecular weight excluding hydrogens is 344 g/mol. The smallest absolute Gasteiger partial charge is 0.244 e. The molecule has 0 fully saturated rings. The van der Waals surface area contributed by atoms with Crippen molar-refractivity contribution in [1.29, 1.82) is 0 Å². The molecule has 2 aromatic carbocycles. The molecule has 0 spiro atoms. The monoisotopic (exact) mass is 370 g/mol. The van der Waals surface area contributed by atoms with Crippen LogP contribution in [-0.2, 0) is 9.59 Å². The zero-order valence-corrected chi connectivity index (χ0v) is 16.2. The largest absolute Gasteiger partial charge is 0.497 e. The third-order valence-electron chi connectivity index (χ3n) is 4.21. The predicted molar refractivity (Wildman–Crippen MR) is 105 cm³/mol. The minimum atomic E-state index is -0.230. The fraction of sp³-hybridized carbons (Fsp3) is 0.333. The van der Waals surface area contributed by atoms with Gasteiger partial charge in [0.05, 0.1) is 20.2 Å². The van der Waals surface area contributed by atoms with Crippen molar-refractivity contribution in [2.75, 3.05) is 32.1 Å². The molecule has 0 radical (unpaired) electrons. The molecule has 0 unspecified atom stereocenters. The summed E-state index contributed by atoms with van der Waals surface area (Å²) in [5.41, 5.74) is 2.77. The van der Waals surface area contributed by atoms with E-state index in [0.29, 0.717) is 18.9 Å². The molecule has 0 aliphatic heterocycles. The average Bonchev–Trinajstić information content (AvgIpc) is 2.64. The molecule has 0 aliphatic rings. The van der Waals surface area contributed by atoms with E-state index in [-0.39, 0.29) is 18.4 Å². The summed E-state index contributed by atoms with van der Waals surface area (Å²) < 4.78 is 10.7. The molecule has 2 amide bonds. The second-order valence-electron chi connectivity index (χ2n) is 6.28. The highest BCUT2D eigenvalue weighted by Gasteiger charge is 2.15. The first-order chi connectivity index (χ1) is 12.9. The van der Waals surface area contributed by atoms with Gasteiger partial charge in [0.2, 0.25) is 11.8 Å². The molecule has 0 atom stereocenters. The number of amides is 2. The van der Waals surface area contributed by atoms with Crippen molar-refractivity contribution in [1.82, 2.24) is 4.90 Å². The van der Waals surface area contributed by atoms with E-state index in [4.69, 9.17) is 9.47 Å². The Morgan fingerprint density at radius 3 is 2.15 bits per heavy atom. The number of aryl methyl sites for hydroxylation is 2. The lowest BCUT2D eigenvalue weighted by atomic mass is 10.1. The third kappa shape index (κ3) is 6.02. The Kier molecular flexibility index (Phi) is 7.23. The van der Waals surface area contributed by atoms with Gasteiger partial charge in [-0.05, 0) is 49.2 Å². The minimum absolute atomic E-state index is 0.0188. The number of methoxy groups -OCH3 is 1. The molecule has 0 aliphatic carbocycles. The van der Waals surface area contributed by atoms with Gasteiger partial charge in [-0.2, -0.15) is 0 Å². The third-order valence-corrected chi connectivity index (χ3v) is 4.21. The van der Waals surface area contributed by atoms with Crippen LogP contribution in [0.4, 0.5) is 5.69 Å². The van der Waals surface area contributed by atoms with Gasteiger partial charge in [-0.1, -0.05) is 18.2 Å². The van der Waals surface area contributed by atoms with E-state index in [1.807, 2.05) is 32.0 Å². The first-order valence-electron chi connectivity index (χ1n) is 8.79. The normalized spacial score (nSPS) is 10.2. The van der Waals surface area contributed by atoms with Crippen LogP contribution in [0.15, 0.2) is 42.5 Å². The van der Waals surface area contributed by atoms with E-state index in [1.54, 1.807) is 31.4 Å². The summed E-state index contributed by atoms with van der Waals surface area (Å²) in [6.07, 6.45) is 0. The van der Waals surface area contributed by atoms with Crippen LogP contribution in [0, 0.1) is 13.8 Å². The van der Waals surface area contributed by atoms with Crippen LogP contribution in [0.1, 0.15) is 18.1 Å². The highest BCUT2D eigenvalue weighted by molar-refractivity contribution is 5.95. The average molecular weight is 370 g/mol. The molecule has 0 bridgehead atoms. The van der Waals surface area contributed by atoms with Crippen LogP contribution in [0.3, 0.4) is 0 Å². The minimum Gasteiger partial charge on any atom is -0.497 e. The maximum absolute atomic E-state index is 12.4. The van der Waals surface area contributed by atoms with Crippen LogP contribution >= 0.6 is 0 Å². The number of rotatable bonds is 8. The summed E-state index contributed by atoms with van der Waals surface area (Å²) in [5, 5.41) is 2.90. The molecular formula is C21H26N2O4. The zero-order chi connectivity index (χ0) is 19.8. The summed E-state index contributed by atoms with van der Waals surface area (Å²) in [4.78, 5) is 25.7. The molecule has 2 rings (SSSR count). The number of anilines is 1. The van der Waals surface area contributed by atoms with Crippen LogP contribution in [0.2, 0.25) is 0 Å². The van der Waals surface area contributed by atoms with Crippen molar-refractivity contribution in [3.63, 3.8) is 0 Å². The summed E-state index contributed by atoms with van der Waals surface area (Å²) in [6, 6.07) is 13.0. The lowest BCUT2D eigenvalue weighted by Crippen LogP contribution is -2.39. The first kappa shape index (κ1) is 20.3. The van der Waals surface area contributed by atoms with Gasteiger partial charge in [-0.15, -0.1) is 0 Å². The number of ether oxygens (including phenoxy) is 2. The van der Waals surface area contributed by atoms with Gasteiger partial charge < -0.3 is 19.7 Å². The van der Waals surface area contributed by atoms with Crippen LogP contribution in [0.25, 0.3) is 0 Å². The Labute approximate surface area is 160 Å². The second-order valence-corrected chi connectivity index (χ2v) is 6.28. The number of benzene rings is 2. The molecule has 0 aromatic heterocycles. The van der Waals surface area contributed by atoms with Crippen molar-refractivity contribution >= 4 is 17.5 Å². The maximum atomic E-state index is 12.4. The van der Waals surface area contributed by atoms with Gasteiger partial charge in [-0.3, -0.25) is 9.59 Å². The molecule has 0 heterocycles.